The highest BCUT2D eigenvalue weighted by atomic mass is 79.9. The molecular formula is C17H20BrNO2. The molecule has 0 unspecified atom stereocenters. The molecule has 112 valence electrons. The number of hydrogen-bond donors (Lipinski definition) is 1. The number of hydrogen-bond acceptors (Lipinski definition) is 3. The third-order valence-corrected chi connectivity index (χ3v) is 3.76. The third-order valence-electron chi connectivity index (χ3n) is 3.27. The van der Waals surface area contributed by atoms with Gasteiger partial charge in [0.25, 0.3) is 0 Å². The Morgan fingerprint density at radius 3 is 2.48 bits per heavy atom. The first kappa shape index (κ1) is 15.9. The predicted octanol–water partition coefficient (Wildman–Crippen LogP) is 4.10. The number of ether oxygens (including phenoxy) is 2. The lowest BCUT2D eigenvalue weighted by atomic mass is 10.1. The van der Waals surface area contributed by atoms with E-state index in [9.17, 15) is 0 Å². The molecule has 0 bridgehead atoms. The van der Waals surface area contributed by atoms with E-state index >= 15 is 0 Å². The van der Waals surface area contributed by atoms with Crippen molar-refractivity contribution in [1.82, 2.24) is 0 Å². The normalized spacial score (nSPS) is 12.0. The van der Waals surface area contributed by atoms with Crippen molar-refractivity contribution >= 4 is 15.9 Å². The van der Waals surface area contributed by atoms with Crippen molar-refractivity contribution in [2.75, 3.05) is 13.7 Å². The van der Waals surface area contributed by atoms with Gasteiger partial charge in [0, 0.05) is 22.5 Å². The van der Waals surface area contributed by atoms with Crippen LogP contribution in [0, 0.1) is 0 Å². The van der Waals surface area contributed by atoms with Crippen LogP contribution in [0.25, 0.3) is 0 Å². The summed E-state index contributed by atoms with van der Waals surface area (Å²) in [5.74, 6) is 1.72. The van der Waals surface area contributed by atoms with E-state index in [0.717, 1.165) is 28.0 Å². The van der Waals surface area contributed by atoms with E-state index in [-0.39, 0.29) is 6.04 Å². The van der Waals surface area contributed by atoms with Crippen LogP contribution >= 0.6 is 15.9 Å². The first-order valence-corrected chi connectivity index (χ1v) is 7.70. The first-order valence-electron chi connectivity index (χ1n) is 6.91. The van der Waals surface area contributed by atoms with E-state index in [1.165, 1.54) is 5.56 Å². The fraction of sp³-hybridized carbons (Fsp3) is 0.294. The zero-order valence-electron chi connectivity index (χ0n) is 12.3. The minimum atomic E-state index is -0.0570. The Morgan fingerprint density at radius 2 is 1.86 bits per heavy atom. The Hall–Kier alpha value is -1.52. The number of methoxy groups -OCH3 is 1. The van der Waals surface area contributed by atoms with Crippen molar-refractivity contribution in [1.29, 1.82) is 0 Å². The molecule has 0 saturated heterocycles. The van der Waals surface area contributed by atoms with E-state index in [0.29, 0.717) is 6.61 Å². The summed E-state index contributed by atoms with van der Waals surface area (Å²) in [5.41, 5.74) is 8.21. The van der Waals surface area contributed by atoms with E-state index in [2.05, 4.69) is 28.1 Å². The van der Waals surface area contributed by atoms with Gasteiger partial charge in [0.05, 0.1) is 13.7 Å². The summed E-state index contributed by atoms with van der Waals surface area (Å²) in [4.78, 5) is 0. The van der Waals surface area contributed by atoms with Crippen molar-refractivity contribution in [3.8, 4) is 11.5 Å². The van der Waals surface area contributed by atoms with Gasteiger partial charge in [-0.3, -0.25) is 0 Å². The molecule has 0 aliphatic heterocycles. The van der Waals surface area contributed by atoms with Crippen LogP contribution in [0.3, 0.4) is 0 Å². The largest absolute Gasteiger partial charge is 0.497 e. The molecule has 3 nitrogen and oxygen atoms in total. The molecule has 2 aromatic carbocycles. The Morgan fingerprint density at radius 1 is 1.14 bits per heavy atom. The van der Waals surface area contributed by atoms with E-state index in [1.54, 1.807) is 7.11 Å². The van der Waals surface area contributed by atoms with Crippen LogP contribution in [0.4, 0.5) is 0 Å². The Labute approximate surface area is 134 Å². The zero-order valence-corrected chi connectivity index (χ0v) is 13.9. The fourth-order valence-electron chi connectivity index (χ4n) is 2.08. The molecule has 2 aromatic rings. The second kappa shape index (κ2) is 7.48. The highest BCUT2D eigenvalue weighted by Gasteiger charge is 2.08. The number of nitrogens with two attached hydrogens (primary N) is 1. The number of rotatable bonds is 6. The molecule has 0 amide bonds. The predicted molar refractivity (Wildman–Crippen MR) is 88.9 cm³/mol. The van der Waals surface area contributed by atoms with Crippen LogP contribution in [0.5, 0.6) is 11.5 Å². The third kappa shape index (κ3) is 4.48. The Balaban J connectivity index is 1.96. The van der Waals surface area contributed by atoms with E-state index in [1.807, 2.05) is 37.3 Å². The summed E-state index contributed by atoms with van der Waals surface area (Å²) in [6.45, 7) is 2.58. The molecule has 0 saturated carbocycles. The first-order chi connectivity index (χ1) is 10.1. The van der Waals surface area contributed by atoms with Crippen molar-refractivity contribution in [3.05, 3.63) is 58.1 Å². The monoisotopic (exact) mass is 349 g/mol. The second-order valence-electron chi connectivity index (χ2n) is 4.92. The number of halogens is 1. The molecule has 21 heavy (non-hydrogen) atoms. The van der Waals surface area contributed by atoms with Crippen LogP contribution in [0.1, 0.15) is 24.1 Å². The molecule has 0 radical (unpaired) electrons. The fourth-order valence-corrected chi connectivity index (χ4v) is 2.46. The molecule has 2 N–H and O–H groups in total. The highest BCUT2D eigenvalue weighted by molar-refractivity contribution is 9.10. The lowest BCUT2D eigenvalue weighted by Crippen LogP contribution is -2.09. The Kier molecular flexibility index (Phi) is 5.65. The standard InChI is InChI=1S/C17H20BrNO2/c1-12(19)16-11-14(18)5-8-17(16)21-10-9-13-3-6-15(20-2)7-4-13/h3-8,11-12H,9-10,19H2,1-2H3/t12-/m0/s1. The van der Waals surface area contributed by atoms with Gasteiger partial charge in [0.15, 0.2) is 0 Å². The summed E-state index contributed by atoms with van der Waals surface area (Å²) >= 11 is 3.46. The van der Waals surface area contributed by atoms with Gasteiger partial charge in [-0.05, 0) is 42.8 Å². The molecule has 2 rings (SSSR count). The minimum Gasteiger partial charge on any atom is -0.497 e. The lowest BCUT2D eigenvalue weighted by Gasteiger charge is -2.14. The van der Waals surface area contributed by atoms with E-state index in [4.69, 9.17) is 15.2 Å². The van der Waals surface area contributed by atoms with Gasteiger partial charge >= 0.3 is 0 Å². The molecule has 4 heteroatoms. The van der Waals surface area contributed by atoms with Gasteiger partial charge in [0.2, 0.25) is 0 Å². The maximum atomic E-state index is 5.98. The van der Waals surface area contributed by atoms with Gasteiger partial charge in [-0.15, -0.1) is 0 Å². The quantitative estimate of drug-likeness (QED) is 0.853. The second-order valence-corrected chi connectivity index (χ2v) is 5.83. The van der Waals surface area contributed by atoms with Crippen LogP contribution in [0.2, 0.25) is 0 Å². The SMILES string of the molecule is COc1ccc(CCOc2ccc(Br)cc2[C@H](C)N)cc1. The summed E-state index contributed by atoms with van der Waals surface area (Å²) in [6.07, 6.45) is 0.846. The van der Waals surface area contributed by atoms with Crippen molar-refractivity contribution in [3.63, 3.8) is 0 Å². The Bertz CT molecular complexity index is 582. The molecule has 0 aliphatic carbocycles. The summed E-state index contributed by atoms with van der Waals surface area (Å²) in [5, 5.41) is 0. The van der Waals surface area contributed by atoms with Gasteiger partial charge in [-0.1, -0.05) is 28.1 Å². The number of benzene rings is 2. The highest BCUT2D eigenvalue weighted by Crippen LogP contribution is 2.27. The molecule has 0 aliphatic rings. The maximum Gasteiger partial charge on any atom is 0.124 e. The molecule has 0 heterocycles. The zero-order chi connectivity index (χ0) is 15.2. The minimum absolute atomic E-state index is 0.0570. The summed E-state index contributed by atoms with van der Waals surface area (Å²) in [7, 11) is 1.67. The van der Waals surface area contributed by atoms with Crippen molar-refractivity contribution in [2.45, 2.75) is 19.4 Å². The van der Waals surface area contributed by atoms with Gasteiger partial charge in [-0.25, -0.2) is 0 Å². The summed E-state index contributed by atoms with van der Waals surface area (Å²) < 4.78 is 12.0. The van der Waals surface area contributed by atoms with E-state index < -0.39 is 0 Å². The topological polar surface area (TPSA) is 44.5 Å². The van der Waals surface area contributed by atoms with Crippen LogP contribution in [0.15, 0.2) is 46.9 Å². The van der Waals surface area contributed by atoms with Gasteiger partial charge < -0.3 is 15.2 Å². The molecular weight excluding hydrogens is 330 g/mol. The maximum absolute atomic E-state index is 5.98. The molecule has 0 fully saturated rings. The van der Waals surface area contributed by atoms with Crippen LogP contribution < -0.4 is 15.2 Å². The van der Waals surface area contributed by atoms with Crippen LogP contribution in [-0.2, 0) is 6.42 Å². The molecule has 1 atom stereocenters. The van der Waals surface area contributed by atoms with Crippen LogP contribution in [-0.4, -0.2) is 13.7 Å². The summed E-state index contributed by atoms with van der Waals surface area (Å²) in [6, 6.07) is 13.9. The van der Waals surface area contributed by atoms with Crippen molar-refractivity contribution < 1.29 is 9.47 Å². The smallest absolute Gasteiger partial charge is 0.124 e. The van der Waals surface area contributed by atoms with Gasteiger partial charge in [-0.2, -0.15) is 0 Å². The molecule has 0 aromatic heterocycles. The molecule has 0 spiro atoms. The average Bonchev–Trinajstić information content (AvgIpc) is 2.49. The average molecular weight is 350 g/mol. The lowest BCUT2D eigenvalue weighted by molar-refractivity contribution is 0.317. The van der Waals surface area contributed by atoms with Crippen molar-refractivity contribution in [2.24, 2.45) is 5.73 Å². The van der Waals surface area contributed by atoms with Gasteiger partial charge in [0.1, 0.15) is 11.5 Å².